The quantitative estimate of drug-likeness (QED) is 0.470. The van der Waals surface area contributed by atoms with E-state index in [9.17, 15) is 26.4 Å². The monoisotopic (exact) mass is 497 g/mol. The predicted molar refractivity (Wildman–Crippen MR) is 118 cm³/mol. The van der Waals surface area contributed by atoms with Crippen molar-refractivity contribution < 1.29 is 30.8 Å². The van der Waals surface area contributed by atoms with Crippen LogP contribution in [0.1, 0.15) is 28.1 Å². The fraction of sp³-hybridized carbons (Fsp3) is 0.261. The van der Waals surface area contributed by atoms with Crippen LogP contribution in [-0.2, 0) is 22.6 Å². The van der Waals surface area contributed by atoms with Crippen LogP contribution >= 0.6 is 11.6 Å². The van der Waals surface area contributed by atoms with E-state index >= 15 is 0 Å². The molecule has 2 aromatic carbocycles. The van der Waals surface area contributed by atoms with Gasteiger partial charge in [-0.2, -0.15) is 13.2 Å². The number of furan rings is 1. The Labute approximate surface area is 193 Å². The molecule has 1 aliphatic rings. The second-order valence-corrected chi connectivity index (χ2v) is 10.5. The summed E-state index contributed by atoms with van der Waals surface area (Å²) in [7, 11) is -3.26. The van der Waals surface area contributed by atoms with Gasteiger partial charge in [0.15, 0.2) is 9.84 Å². The zero-order valence-corrected chi connectivity index (χ0v) is 18.8. The fourth-order valence-corrected chi connectivity index (χ4v) is 5.64. The maximum atomic E-state index is 13.2. The smallest absolute Gasteiger partial charge is 0.416 e. The molecule has 1 fully saturated rings. The first-order valence-corrected chi connectivity index (χ1v) is 12.2. The highest BCUT2D eigenvalue weighted by Gasteiger charge is 2.36. The van der Waals surface area contributed by atoms with Gasteiger partial charge in [-0.15, -0.1) is 0 Å². The molecule has 3 aromatic rings. The summed E-state index contributed by atoms with van der Waals surface area (Å²) in [5.41, 5.74) is -0.211. The average Bonchev–Trinajstić information content (AvgIpc) is 3.37. The van der Waals surface area contributed by atoms with Crippen LogP contribution in [0.4, 0.5) is 13.2 Å². The van der Waals surface area contributed by atoms with Gasteiger partial charge in [0.05, 0.1) is 23.6 Å². The normalized spacial score (nSPS) is 17.8. The lowest BCUT2D eigenvalue weighted by Gasteiger charge is -2.27. The molecule has 0 bridgehead atoms. The van der Waals surface area contributed by atoms with Crippen molar-refractivity contribution in [3.63, 3.8) is 0 Å². The third-order valence-corrected chi connectivity index (χ3v) is 7.47. The van der Waals surface area contributed by atoms with E-state index in [2.05, 4.69) is 0 Å². The van der Waals surface area contributed by atoms with Crippen LogP contribution in [0, 0.1) is 0 Å². The van der Waals surface area contributed by atoms with Gasteiger partial charge in [0.25, 0.3) is 5.91 Å². The highest BCUT2D eigenvalue weighted by atomic mass is 35.5. The lowest BCUT2D eigenvalue weighted by molar-refractivity contribution is -0.137. The van der Waals surface area contributed by atoms with Gasteiger partial charge in [0.2, 0.25) is 0 Å². The molecule has 0 aliphatic carbocycles. The Kier molecular flexibility index (Phi) is 6.28. The number of rotatable bonds is 5. The van der Waals surface area contributed by atoms with Gasteiger partial charge in [0, 0.05) is 22.2 Å². The van der Waals surface area contributed by atoms with Crippen molar-refractivity contribution in [3.05, 3.63) is 82.6 Å². The van der Waals surface area contributed by atoms with Gasteiger partial charge >= 0.3 is 6.18 Å². The second kappa shape index (κ2) is 8.87. The predicted octanol–water partition coefficient (Wildman–Crippen LogP) is 5.45. The number of carbonyl (C=O) groups is 1. The molecular weight excluding hydrogens is 479 g/mol. The second-order valence-electron chi connectivity index (χ2n) is 7.84. The van der Waals surface area contributed by atoms with Crippen molar-refractivity contribution in [1.29, 1.82) is 0 Å². The summed E-state index contributed by atoms with van der Waals surface area (Å²) in [6, 6.07) is 13.5. The van der Waals surface area contributed by atoms with Gasteiger partial charge < -0.3 is 9.32 Å². The molecule has 174 valence electrons. The Morgan fingerprint density at radius 2 is 1.82 bits per heavy atom. The molecule has 33 heavy (non-hydrogen) atoms. The SMILES string of the molecule is O=C(c1ccc(Cl)cc1)N(Cc1ccc(-c2cccc(C(F)(F)F)c2)o1)C1CCS(=O)(=O)C1. The summed E-state index contributed by atoms with van der Waals surface area (Å²) in [6.45, 7) is -0.0272. The Morgan fingerprint density at radius 1 is 1.09 bits per heavy atom. The van der Waals surface area contributed by atoms with Crippen LogP contribution in [0.25, 0.3) is 11.3 Å². The van der Waals surface area contributed by atoms with Gasteiger partial charge in [-0.1, -0.05) is 23.7 Å². The Bertz CT molecular complexity index is 1270. The average molecular weight is 498 g/mol. The van der Waals surface area contributed by atoms with Gasteiger partial charge in [-0.3, -0.25) is 4.79 Å². The van der Waals surface area contributed by atoms with Gasteiger partial charge in [-0.05, 0) is 55.0 Å². The van der Waals surface area contributed by atoms with Crippen LogP contribution in [0.15, 0.2) is 65.1 Å². The number of alkyl halides is 3. The number of halogens is 4. The van der Waals surface area contributed by atoms with E-state index in [0.29, 0.717) is 22.8 Å². The van der Waals surface area contributed by atoms with E-state index in [1.54, 1.807) is 30.3 Å². The van der Waals surface area contributed by atoms with Gasteiger partial charge in [0.1, 0.15) is 11.5 Å². The Balaban J connectivity index is 1.61. The summed E-state index contributed by atoms with van der Waals surface area (Å²) in [5.74, 6) is -0.0164. The van der Waals surface area contributed by atoms with E-state index < -0.39 is 27.6 Å². The molecule has 0 spiro atoms. The molecular formula is C23H19ClF3NO4S. The first-order valence-electron chi connectivity index (χ1n) is 10.1. The minimum atomic E-state index is -4.48. The number of hydrogen-bond acceptors (Lipinski definition) is 4. The lowest BCUT2D eigenvalue weighted by atomic mass is 10.1. The van der Waals surface area contributed by atoms with Crippen LogP contribution < -0.4 is 0 Å². The minimum Gasteiger partial charge on any atom is -0.459 e. The summed E-state index contributed by atoms with van der Waals surface area (Å²) in [5, 5.41) is 0.457. The summed E-state index contributed by atoms with van der Waals surface area (Å²) < 4.78 is 68.9. The number of nitrogens with zero attached hydrogens (tertiary/aromatic N) is 1. The molecule has 1 unspecified atom stereocenters. The molecule has 5 nitrogen and oxygen atoms in total. The highest BCUT2D eigenvalue weighted by molar-refractivity contribution is 7.91. The molecule has 1 aromatic heterocycles. The largest absolute Gasteiger partial charge is 0.459 e. The van der Waals surface area contributed by atoms with E-state index in [1.165, 1.54) is 23.1 Å². The molecule has 0 N–H and O–H groups in total. The van der Waals surface area contributed by atoms with Crippen molar-refractivity contribution in [2.45, 2.75) is 25.2 Å². The molecule has 10 heteroatoms. The first kappa shape index (κ1) is 23.4. The summed E-state index contributed by atoms with van der Waals surface area (Å²) in [4.78, 5) is 14.6. The molecule has 2 heterocycles. The van der Waals surface area contributed by atoms with Crippen molar-refractivity contribution in [2.24, 2.45) is 0 Å². The zero-order valence-electron chi connectivity index (χ0n) is 17.2. The summed E-state index contributed by atoms with van der Waals surface area (Å²) >= 11 is 5.90. The third kappa shape index (κ3) is 5.42. The maximum Gasteiger partial charge on any atom is 0.416 e. The molecule has 1 amide bonds. The van der Waals surface area contributed by atoms with E-state index in [4.69, 9.17) is 16.0 Å². The molecule has 1 saturated heterocycles. The molecule has 0 saturated carbocycles. The van der Waals surface area contributed by atoms with Gasteiger partial charge in [-0.25, -0.2) is 8.42 Å². The number of sulfone groups is 1. The fourth-order valence-electron chi connectivity index (χ4n) is 3.78. The topological polar surface area (TPSA) is 67.6 Å². The van der Waals surface area contributed by atoms with E-state index in [0.717, 1.165) is 12.1 Å². The van der Waals surface area contributed by atoms with E-state index in [1.807, 2.05) is 0 Å². The molecule has 0 radical (unpaired) electrons. The first-order chi connectivity index (χ1) is 15.5. The number of amides is 1. The van der Waals surface area contributed by atoms with Crippen molar-refractivity contribution in [3.8, 4) is 11.3 Å². The number of carbonyl (C=O) groups excluding carboxylic acids is 1. The van der Waals surface area contributed by atoms with Crippen LogP contribution in [0.3, 0.4) is 0 Å². The maximum absolute atomic E-state index is 13.2. The minimum absolute atomic E-state index is 0.0182. The van der Waals surface area contributed by atoms with Crippen molar-refractivity contribution in [1.82, 2.24) is 4.90 Å². The standard InChI is InChI=1S/C23H19ClF3NO4S/c24-18-6-4-15(5-7-18)22(29)28(19-10-11-33(30,31)14-19)13-20-8-9-21(32-20)16-2-1-3-17(12-16)23(25,26)27/h1-9,12,19H,10-11,13-14H2. The third-order valence-electron chi connectivity index (χ3n) is 5.46. The highest BCUT2D eigenvalue weighted by Crippen LogP contribution is 2.33. The van der Waals surface area contributed by atoms with Crippen LogP contribution in [-0.4, -0.2) is 36.8 Å². The number of benzene rings is 2. The lowest BCUT2D eigenvalue weighted by Crippen LogP contribution is -2.40. The molecule has 4 rings (SSSR count). The van der Waals surface area contributed by atoms with Crippen LogP contribution in [0.5, 0.6) is 0 Å². The summed E-state index contributed by atoms with van der Waals surface area (Å²) in [6.07, 6.45) is -4.19. The Hall–Kier alpha value is -2.78. The van der Waals surface area contributed by atoms with Crippen molar-refractivity contribution >= 4 is 27.3 Å². The zero-order chi connectivity index (χ0) is 23.8. The van der Waals surface area contributed by atoms with Crippen LogP contribution in [0.2, 0.25) is 5.02 Å². The van der Waals surface area contributed by atoms with Crippen molar-refractivity contribution in [2.75, 3.05) is 11.5 Å². The Morgan fingerprint density at radius 3 is 2.45 bits per heavy atom. The number of hydrogen-bond donors (Lipinski definition) is 0. The molecule has 1 aliphatic heterocycles. The molecule has 1 atom stereocenters. The van der Waals surface area contributed by atoms with E-state index in [-0.39, 0.29) is 35.3 Å².